The summed E-state index contributed by atoms with van der Waals surface area (Å²) >= 11 is 0. The van der Waals surface area contributed by atoms with E-state index in [0.717, 1.165) is 12.5 Å². The minimum Gasteiger partial charge on any atom is -0.367 e. The quantitative estimate of drug-likeness (QED) is 0.328. The predicted molar refractivity (Wildman–Crippen MR) is 125 cm³/mol. The van der Waals surface area contributed by atoms with Crippen LogP contribution in [-0.4, -0.2) is 57.1 Å². The molecule has 1 aromatic rings. The van der Waals surface area contributed by atoms with Crippen LogP contribution in [0.5, 0.6) is 0 Å². The third-order valence-electron chi connectivity index (χ3n) is 4.69. The van der Waals surface area contributed by atoms with Crippen molar-refractivity contribution in [1.82, 2.24) is 10.6 Å². The molecule has 0 spiro atoms. The van der Waals surface area contributed by atoms with Crippen LogP contribution in [0.25, 0.3) is 0 Å². The molecule has 1 atom stereocenters. The second kappa shape index (κ2) is 10.7. The Labute approximate surface area is 189 Å². The summed E-state index contributed by atoms with van der Waals surface area (Å²) in [6.07, 6.45) is 0.765. The first-order chi connectivity index (χ1) is 13.0. The van der Waals surface area contributed by atoms with Gasteiger partial charge in [-0.15, -0.1) is 24.0 Å². The lowest BCUT2D eigenvalue weighted by molar-refractivity contribution is 0.560. The Morgan fingerprint density at radius 1 is 1.31 bits per heavy atom. The third-order valence-corrected chi connectivity index (χ3v) is 7.27. The van der Waals surface area contributed by atoms with Crippen molar-refractivity contribution in [2.75, 3.05) is 36.8 Å². The molecule has 1 saturated heterocycles. The fraction of sp³-hybridized carbons (Fsp3) is 0.632. The molecule has 2 rings (SSSR count). The van der Waals surface area contributed by atoms with Gasteiger partial charge in [0.2, 0.25) is 0 Å². The smallest absolute Gasteiger partial charge is 0.191 e. The number of aliphatic imine (C=N–C) groups is 1. The minimum atomic E-state index is -3.23. The van der Waals surface area contributed by atoms with E-state index in [4.69, 9.17) is 0 Å². The second-order valence-corrected chi connectivity index (χ2v) is 10.7. The van der Waals surface area contributed by atoms with Crippen molar-refractivity contribution in [1.29, 1.82) is 0 Å². The zero-order valence-corrected chi connectivity index (χ0v) is 20.5. The molecule has 2 N–H and O–H groups in total. The van der Waals surface area contributed by atoms with Gasteiger partial charge < -0.3 is 15.5 Å². The number of nitrogens with one attached hydrogen (secondary N) is 2. The molecular weight excluding hydrogens is 513 g/mol. The van der Waals surface area contributed by atoms with E-state index in [0.29, 0.717) is 31.3 Å². The highest BCUT2D eigenvalue weighted by molar-refractivity contribution is 14.0. The van der Waals surface area contributed by atoms with Crippen LogP contribution in [0.15, 0.2) is 23.2 Å². The normalized spacial score (nSPS) is 17.8. The number of anilines is 1. The lowest BCUT2D eigenvalue weighted by atomic mass is 10.2. The summed E-state index contributed by atoms with van der Waals surface area (Å²) in [4.78, 5) is 6.24. The lowest BCUT2D eigenvalue weighted by Gasteiger charge is -2.21. The summed E-state index contributed by atoms with van der Waals surface area (Å²) in [5.41, 5.74) is 0.379. The van der Waals surface area contributed by atoms with E-state index in [2.05, 4.69) is 15.6 Å². The highest BCUT2D eigenvalue weighted by atomic mass is 127. The Morgan fingerprint density at radius 2 is 2.00 bits per heavy atom. The Bertz CT molecular complexity index is 813. The maximum atomic E-state index is 14.0. The Hall–Kier alpha value is -1.17. The molecule has 0 saturated carbocycles. The molecule has 0 aromatic heterocycles. The first-order valence-corrected chi connectivity index (χ1v) is 11.2. The van der Waals surface area contributed by atoms with Crippen molar-refractivity contribution < 1.29 is 17.2 Å². The van der Waals surface area contributed by atoms with Crippen LogP contribution in [0.4, 0.5) is 14.5 Å². The topological polar surface area (TPSA) is 73.8 Å². The fourth-order valence-corrected chi connectivity index (χ4v) is 3.88. The lowest BCUT2D eigenvalue weighted by Crippen LogP contribution is -2.45. The highest BCUT2D eigenvalue weighted by Gasteiger charge is 2.28. The van der Waals surface area contributed by atoms with E-state index >= 15 is 0 Å². The number of benzene rings is 1. The van der Waals surface area contributed by atoms with Crippen LogP contribution in [-0.2, 0) is 9.84 Å². The summed E-state index contributed by atoms with van der Waals surface area (Å²) in [7, 11) is -3.23. The van der Waals surface area contributed by atoms with Gasteiger partial charge in [-0.1, -0.05) is 0 Å². The van der Waals surface area contributed by atoms with Gasteiger partial charge in [0.05, 0.1) is 22.7 Å². The summed E-state index contributed by atoms with van der Waals surface area (Å²) in [5.74, 6) is -0.654. The number of guanidine groups is 1. The van der Waals surface area contributed by atoms with E-state index in [-0.39, 0.29) is 42.3 Å². The number of hydrogen-bond acceptors (Lipinski definition) is 4. The predicted octanol–water partition coefficient (Wildman–Crippen LogP) is 2.93. The molecule has 29 heavy (non-hydrogen) atoms. The summed E-state index contributed by atoms with van der Waals surface area (Å²) in [6.45, 7) is 8.95. The van der Waals surface area contributed by atoms with Crippen molar-refractivity contribution in [3.63, 3.8) is 0 Å². The maximum Gasteiger partial charge on any atom is 0.191 e. The molecule has 6 nitrogen and oxygen atoms in total. The Morgan fingerprint density at radius 3 is 2.59 bits per heavy atom. The van der Waals surface area contributed by atoms with Gasteiger partial charge >= 0.3 is 0 Å². The average molecular weight is 544 g/mol. The molecule has 1 fully saturated rings. The van der Waals surface area contributed by atoms with Crippen molar-refractivity contribution >= 4 is 45.5 Å². The van der Waals surface area contributed by atoms with Crippen LogP contribution >= 0.6 is 24.0 Å². The average Bonchev–Trinajstić information content (AvgIpc) is 3.02. The van der Waals surface area contributed by atoms with Gasteiger partial charge in [0.1, 0.15) is 11.6 Å². The SMILES string of the molecule is CCNC(=NCCS(=O)(=O)C(C)(C)C)NC1CCN(c2ccc(F)cc2F)C1.I. The van der Waals surface area contributed by atoms with Gasteiger partial charge in [0, 0.05) is 31.7 Å². The van der Waals surface area contributed by atoms with Crippen LogP contribution in [0.2, 0.25) is 0 Å². The molecule has 1 aliphatic rings. The largest absolute Gasteiger partial charge is 0.367 e. The molecule has 1 aromatic carbocycles. The number of nitrogens with zero attached hydrogens (tertiary/aromatic N) is 2. The standard InChI is InChI=1S/C19H30F2N4O2S.HI/c1-5-22-18(23-9-11-28(26,27)19(2,3)4)24-15-8-10-25(13-15)17-7-6-14(20)12-16(17)21;/h6-7,12,15H,5,8-11,13H2,1-4H3,(H2,22,23,24);1H. The molecule has 1 heterocycles. The van der Waals surface area contributed by atoms with Crippen molar-refractivity contribution in [3.8, 4) is 0 Å². The van der Waals surface area contributed by atoms with E-state index in [1.807, 2.05) is 11.8 Å². The molecular formula is C19H31F2IN4O2S. The van der Waals surface area contributed by atoms with Crippen LogP contribution in [0.1, 0.15) is 34.1 Å². The molecule has 0 bridgehead atoms. The number of sulfone groups is 1. The van der Waals surface area contributed by atoms with Crippen molar-refractivity contribution in [2.45, 2.75) is 44.9 Å². The van der Waals surface area contributed by atoms with E-state index in [9.17, 15) is 17.2 Å². The van der Waals surface area contributed by atoms with Crippen LogP contribution in [0, 0.1) is 11.6 Å². The number of rotatable bonds is 6. The van der Waals surface area contributed by atoms with Crippen LogP contribution < -0.4 is 15.5 Å². The van der Waals surface area contributed by atoms with Gasteiger partial charge in [0.15, 0.2) is 15.8 Å². The molecule has 0 amide bonds. The monoisotopic (exact) mass is 544 g/mol. The Balaban J connectivity index is 0.00000420. The summed E-state index contributed by atoms with van der Waals surface area (Å²) in [6, 6.07) is 3.61. The molecule has 1 aliphatic heterocycles. The number of hydrogen-bond donors (Lipinski definition) is 2. The van der Waals surface area contributed by atoms with Gasteiger partial charge in [-0.05, 0) is 46.2 Å². The van der Waals surface area contributed by atoms with Crippen molar-refractivity contribution in [2.24, 2.45) is 4.99 Å². The summed E-state index contributed by atoms with van der Waals surface area (Å²) < 4.78 is 50.7. The minimum absolute atomic E-state index is 0. The molecule has 1 unspecified atom stereocenters. The van der Waals surface area contributed by atoms with E-state index in [1.165, 1.54) is 12.1 Å². The number of halogens is 3. The highest BCUT2D eigenvalue weighted by Crippen LogP contribution is 2.24. The van der Waals surface area contributed by atoms with Crippen molar-refractivity contribution in [3.05, 3.63) is 29.8 Å². The van der Waals surface area contributed by atoms with Gasteiger partial charge in [-0.25, -0.2) is 17.2 Å². The first-order valence-electron chi connectivity index (χ1n) is 9.50. The van der Waals surface area contributed by atoms with Gasteiger partial charge in [-0.3, -0.25) is 4.99 Å². The molecule has 10 heteroatoms. The molecule has 0 aliphatic carbocycles. The zero-order valence-electron chi connectivity index (χ0n) is 17.3. The van der Waals surface area contributed by atoms with Crippen LogP contribution in [0.3, 0.4) is 0 Å². The van der Waals surface area contributed by atoms with E-state index in [1.54, 1.807) is 20.8 Å². The Kier molecular flexibility index (Phi) is 9.58. The molecule has 0 radical (unpaired) electrons. The molecule has 166 valence electrons. The fourth-order valence-electron chi connectivity index (χ4n) is 2.93. The first kappa shape index (κ1) is 25.9. The summed E-state index contributed by atoms with van der Waals surface area (Å²) in [5, 5.41) is 6.39. The van der Waals surface area contributed by atoms with Gasteiger partial charge in [0.25, 0.3) is 0 Å². The maximum absolute atomic E-state index is 14.0. The van der Waals surface area contributed by atoms with Gasteiger partial charge in [-0.2, -0.15) is 0 Å². The zero-order chi connectivity index (χ0) is 20.9. The third kappa shape index (κ3) is 7.23. The van der Waals surface area contributed by atoms with E-state index < -0.39 is 26.2 Å². The second-order valence-electron chi connectivity index (χ2n) is 7.86.